The van der Waals surface area contributed by atoms with E-state index in [1.54, 1.807) is 62.4 Å². The lowest BCUT2D eigenvalue weighted by atomic mass is 9.94. The van der Waals surface area contributed by atoms with Gasteiger partial charge in [0.1, 0.15) is 23.3 Å². The van der Waals surface area contributed by atoms with Crippen LogP contribution in [0.2, 0.25) is 0 Å². The number of rotatable bonds is 7. The van der Waals surface area contributed by atoms with Crippen LogP contribution < -0.4 is 29.1 Å². The Morgan fingerprint density at radius 2 is 1.86 bits per heavy atom. The van der Waals surface area contributed by atoms with Crippen molar-refractivity contribution < 1.29 is 28.5 Å². The highest BCUT2D eigenvalue weighted by atomic mass is 32.1. The van der Waals surface area contributed by atoms with E-state index in [9.17, 15) is 14.4 Å². The van der Waals surface area contributed by atoms with Crippen molar-refractivity contribution in [1.82, 2.24) is 4.57 Å². The van der Waals surface area contributed by atoms with Crippen LogP contribution in [0.15, 0.2) is 63.5 Å². The van der Waals surface area contributed by atoms with E-state index in [1.165, 1.54) is 37.0 Å². The quantitative estimate of drug-likeness (QED) is 0.347. The van der Waals surface area contributed by atoms with E-state index in [2.05, 4.69) is 4.99 Å². The number of methoxy groups -OCH3 is 2. The molecule has 192 valence electrons. The summed E-state index contributed by atoms with van der Waals surface area (Å²) in [5.41, 5.74) is 1.40. The molecule has 37 heavy (non-hydrogen) atoms. The molecule has 4 rings (SSSR count). The number of thiazole rings is 1. The summed E-state index contributed by atoms with van der Waals surface area (Å²) >= 11 is 1.17. The molecular formula is C27H26N2O7S. The molecule has 10 heteroatoms. The monoisotopic (exact) mass is 522 g/mol. The molecule has 0 amide bonds. The minimum Gasteiger partial charge on any atom is -0.497 e. The Kier molecular flexibility index (Phi) is 7.58. The molecule has 9 nitrogen and oxygen atoms in total. The summed E-state index contributed by atoms with van der Waals surface area (Å²) in [6, 6.07) is 11.2. The van der Waals surface area contributed by atoms with Gasteiger partial charge in [-0.05, 0) is 44.2 Å². The number of para-hydroxylation sites is 1. The highest BCUT2D eigenvalue weighted by Crippen LogP contribution is 2.37. The summed E-state index contributed by atoms with van der Waals surface area (Å²) in [6.07, 6.45) is 1.64. The zero-order valence-corrected chi connectivity index (χ0v) is 21.9. The fourth-order valence-corrected chi connectivity index (χ4v) is 5.17. The molecule has 0 spiro atoms. The van der Waals surface area contributed by atoms with Gasteiger partial charge in [-0.3, -0.25) is 14.2 Å². The van der Waals surface area contributed by atoms with Gasteiger partial charge >= 0.3 is 11.9 Å². The first kappa shape index (κ1) is 25.9. The number of carbonyl (C=O) groups excluding carboxylic acids is 2. The number of carbonyl (C=O) groups is 2. The van der Waals surface area contributed by atoms with Crippen molar-refractivity contribution in [2.75, 3.05) is 20.8 Å². The van der Waals surface area contributed by atoms with E-state index >= 15 is 0 Å². The molecule has 1 aliphatic heterocycles. The summed E-state index contributed by atoms with van der Waals surface area (Å²) in [4.78, 5) is 43.5. The van der Waals surface area contributed by atoms with Crippen LogP contribution >= 0.6 is 11.3 Å². The zero-order valence-electron chi connectivity index (χ0n) is 21.1. The summed E-state index contributed by atoms with van der Waals surface area (Å²) in [5, 5.41) is 0. The average Bonchev–Trinajstić information content (AvgIpc) is 3.18. The maximum atomic E-state index is 13.8. The number of hydrogen-bond acceptors (Lipinski definition) is 9. The van der Waals surface area contributed by atoms with Crippen molar-refractivity contribution in [3.8, 4) is 17.2 Å². The lowest BCUT2D eigenvalue weighted by Gasteiger charge is -2.26. The van der Waals surface area contributed by atoms with Gasteiger partial charge in [-0.2, -0.15) is 0 Å². The Morgan fingerprint density at radius 3 is 2.54 bits per heavy atom. The van der Waals surface area contributed by atoms with Gasteiger partial charge in [0.05, 0.1) is 36.6 Å². The molecule has 1 aliphatic rings. The van der Waals surface area contributed by atoms with Gasteiger partial charge < -0.3 is 18.9 Å². The third-order valence-corrected chi connectivity index (χ3v) is 6.69. The second-order valence-corrected chi connectivity index (χ2v) is 9.05. The minimum atomic E-state index is -0.869. The summed E-state index contributed by atoms with van der Waals surface area (Å²) in [7, 11) is 3.05. The Morgan fingerprint density at radius 1 is 1.11 bits per heavy atom. The third-order valence-electron chi connectivity index (χ3n) is 5.71. The van der Waals surface area contributed by atoms with Crippen molar-refractivity contribution in [2.45, 2.75) is 26.8 Å². The average molecular weight is 523 g/mol. The SMILES string of the molecule is CCOC(=O)C1=C(C)N=c2s/c(=C\c3ccccc3OC(C)=O)c(=O)n2[C@@H]1c1cc(OC)ccc1OC. The second kappa shape index (κ2) is 10.8. The van der Waals surface area contributed by atoms with Crippen LogP contribution in [0.5, 0.6) is 17.2 Å². The van der Waals surface area contributed by atoms with Crippen LogP contribution in [-0.4, -0.2) is 37.3 Å². The van der Waals surface area contributed by atoms with Gasteiger partial charge in [-0.1, -0.05) is 29.5 Å². The molecule has 2 aromatic carbocycles. The summed E-state index contributed by atoms with van der Waals surface area (Å²) < 4.78 is 23.5. The fourth-order valence-electron chi connectivity index (χ4n) is 4.13. The van der Waals surface area contributed by atoms with E-state index in [4.69, 9.17) is 18.9 Å². The molecule has 0 fully saturated rings. The van der Waals surface area contributed by atoms with Crippen LogP contribution in [0.4, 0.5) is 0 Å². The topological polar surface area (TPSA) is 105 Å². The van der Waals surface area contributed by atoms with E-state index in [1.807, 2.05) is 0 Å². The predicted octanol–water partition coefficient (Wildman–Crippen LogP) is 2.74. The lowest BCUT2D eigenvalue weighted by Crippen LogP contribution is -2.40. The van der Waals surface area contributed by atoms with Gasteiger partial charge in [-0.15, -0.1) is 0 Å². The smallest absolute Gasteiger partial charge is 0.338 e. The van der Waals surface area contributed by atoms with Crippen molar-refractivity contribution in [3.05, 3.63) is 84.5 Å². The van der Waals surface area contributed by atoms with E-state index < -0.39 is 18.0 Å². The molecule has 0 bridgehead atoms. The molecule has 0 aliphatic carbocycles. The maximum absolute atomic E-state index is 13.8. The number of aromatic nitrogens is 1. The molecule has 0 unspecified atom stereocenters. The summed E-state index contributed by atoms with van der Waals surface area (Å²) in [5.74, 6) is 0.286. The fraction of sp³-hybridized carbons (Fsp3) is 0.259. The van der Waals surface area contributed by atoms with Gasteiger partial charge in [0, 0.05) is 18.1 Å². The second-order valence-electron chi connectivity index (χ2n) is 8.04. The van der Waals surface area contributed by atoms with Gasteiger partial charge in [0.15, 0.2) is 4.80 Å². The lowest BCUT2D eigenvalue weighted by molar-refractivity contribution is -0.139. The molecule has 1 aromatic heterocycles. The molecule has 0 N–H and O–H groups in total. The van der Waals surface area contributed by atoms with E-state index in [0.29, 0.717) is 43.4 Å². The van der Waals surface area contributed by atoms with Gasteiger partial charge in [0.25, 0.3) is 5.56 Å². The van der Waals surface area contributed by atoms with Crippen LogP contribution in [0.25, 0.3) is 6.08 Å². The standard InChI is InChI=1S/C27H26N2O7S/c1-6-35-26(32)23-15(2)28-27-29(24(23)19-14-18(33-4)11-12-21(19)34-5)25(31)22(37-27)13-17-9-7-8-10-20(17)36-16(3)30/h7-14,24H,6H2,1-5H3/b22-13-/t24-/m1/s1. The molecular weight excluding hydrogens is 496 g/mol. The van der Waals surface area contributed by atoms with Crippen molar-refractivity contribution in [1.29, 1.82) is 0 Å². The first-order chi connectivity index (χ1) is 17.8. The third kappa shape index (κ3) is 5.05. The highest BCUT2D eigenvalue weighted by Gasteiger charge is 2.35. The Balaban J connectivity index is 2.00. The van der Waals surface area contributed by atoms with E-state index in [-0.39, 0.29) is 17.7 Å². The maximum Gasteiger partial charge on any atom is 0.338 e. The molecule has 3 aromatic rings. The first-order valence-electron chi connectivity index (χ1n) is 11.5. The number of hydrogen-bond donors (Lipinski definition) is 0. The number of ether oxygens (including phenoxy) is 4. The molecule has 2 heterocycles. The largest absolute Gasteiger partial charge is 0.497 e. The molecule has 0 radical (unpaired) electrons. The van der Waals surface area contributed by atoms with Crippen molar-refractivity contribution in [2.24, 2.45) is 4.99 Å². The summed E-state index contributed by atoms with van der Waals surface area (Å²) in [6.45, 7) is 4.89. The van der Waals surface area contributed by atoms with Gasteiger partial charge in [0.2, 0.25) is 0 Å². The van der Waals surface area contributed by atoms with Crippen LogP contribution in [0.3, 0.4) is 0 Å². The van der Waals surface area contributed by atoms with Gasteiger partial charge in [-0.25, -0.2) is 9.79 Å². The minimum absolute atomic E-state index is 0.162. The molecule has 0 saturated carbocycles. The normalized spacial score (nSPS) is 15.1. The van der Waals surface area contributed by atoms with Crippen LogP contribution in [0, 0.1) is 0 Å². The zero-order chi connectivity index (χ0) is 26.7. The molecule has 1 atom stereocenters. The number of allylic oxidation sites excluding steroid dienone is 1. The van der Waals surface area contributed by atoms with Crippen molar-refractivity contribution in [3.63, 3.8) is 0 Å². The first-order valence-corrected chi connectivity index (χ1v) is 12.3. The number of nitrogens with zero attached hydrogens (tertiary/aromatic N) is 2. The number of esters is 2. The Bertz CT molecular complexity index is 1580. The van der Waals surface area contributed by atoms with Crippen LogP contribution in [-0.2, 0) is 14.3 Å². The number of benzene rings is 2. The Hall–Kier alpha value is -4.18. The van der Waals surface area contributed by atoms with Crippen molar-refractivity contribution >= 4 is 29.4 Å². The van der Waals surface area contributed by atoms with Crippen LogP contribution in [0.1, 0.15) is 37.9 Å². The Labute approximate surface area is 216 Å². The van der Waals surface area contributed by atoms with E-state index in [0.717, 1.165) is 0 Å². The molecule has 0 saturated heterocycles. The predicted molar refractivity (Wildman–Crippen MR) is 138 cm³/mol. The highest BCUT2D eigenvalue weighted by molar-refractivity contribution is 7.07. The number of fused-ring (bicyclic) bond motifs is 1.